The Morgan fingerprint density at radius 1 is 1.19 bits per heavy atom. The number of ether oxygens (including phenoxy) is 1. The third-order valence-corrected chi connectivity index (χ3v) is 2.64. The van der Waals surface area contributed by atoms with E-state index >= 15 is 0 Å². The van der Waals surface area contributed by atoms with E-state index < -0.39 is 0 Å². The second kappa shape index (κ2) is 5.61. The number of hydrogen-bond acceptors (Lipinski definition) is 2. The van der Waals surface area contributed by atoms with Crippen LogP contribution in [0.15, 0.2) is 36.5 Å². The van der Waals surface area contributed by atoms with Gasteiger partial charge in [0, 0.05) is 18.2 Å². The molecule has 0 unspecified atom stereocenters. The summed E-state index contributed by atoms with van der Waals surface area (Å²) in [5.74, 6) is 0. The highest BCUT2D eigenvalue weighted by atomic mass is 16.5. The Bertz CT molecular complexity index is 448. The molecule has 0 fully saturated rings. The molecule has 1 aromatic carbocycles. The van der Waals surface area contributed by atoms with Crippen molar-refractivity contribution >= 4 is 10.9 Å². The fraction of sp³-hybridized carbons (Fsp3) is 0.357. The Kier molecular flexibility index (Phi) is 3.89. The zero-order chi connectivity index (χ0) is 11.2. The van der Waals surface area contributed by atoms with Crippen molar-refractivity contribution in [3.05, 3.63) is 42.1 Å². The smallest absolute Gasteiger partial charge is 0.0723 e. The number of hydrogen-bond donors (Lipinski definition) is 0. The van der Waals surface area contributed by atoms with Crippen LogP contribution in [-0.2, 0) is 11.3 Å². The van der Waals surface area contributed by atoms with Crippen molar-refractivity contribution in [2.24, 2.45) is 0 Å². The maximum Gasteiger partial charge on any atom is 0.0723 e. The quantitative estimate of drug-likeness (QED) is 0.711. The Morgan fingerprint density at radius 2 is 2.12 bits per heavy atom. The fourth-order valence-corrected chi connectivity index (χ4v) is 1.72. The minimum absolute atomic E-state index is 0.684. The van der Waals surface area contributed by atoms with Crippen LogP contribution in [0.5, 0.6) is 0 Å². The predicted molar refractivity (Wildman–Crippen MR) is 66.3 cm³/mol. The van der Waals surface area contributed by atoms with E-state index in [-0.39, 0.29) is 0 Å². The van der Waals surface area contributed by atoms with E-state index in [9.17, 15) is 0 Å². The average molecular weight is 215 g/mol. The molecule has 2 rings (SSSR count). The van der Waals surface area contributed by atoms with Crippen molar-refractivity contribution in [2.45, 2.75) is 26.4 Å². The first-order valence-corrected chi connectivity index (χ1v) is 5.82. The van der Waals surface area contributed by atoms with Gasteiger partial charge in [-0.05, 0) is 24.1 Å². The molecule has 0 atom stereocenters. The van der Waals surface area contributed by atoms with Gasteiger partial charge in [0.2, 0.25) is 0 Å². The molecule has 2 heteroatoms. The van der Waals surface area contributed by atoms with Crippen molar-refractivity contribution < 1.29 is 4.74 Å². The molecule has 0 spiro atoms. The van der Waals surface area contributed by atoms with E-state index in [1.807, 2.05) is 24.4 Å². The number of rotatable bonds is 5. The second-order valence-electron chi connectivity index (χ2n) is 3.89. The Hall–Kier alpha value is -1.41. The average Bonchev–Trinajstić information content (AvgIpc) is 2.35. The van der Waals surface area contributed by atoms with Gasteiger partial charge in [-0.25, -0.2) is 0 Å². The van der Waals surface area contributed by atoms with Gasteiger partial charge in [-0.3, -0.25) is 4.98 Å². The van der Waals surface area contributed by atoms with Gasteiger partial charge in [-0.15, -0.1) is 0 Å². The number of benzene rings is 1. The molecule has 0 aliphatic rings. The van der Waals surface area contributed by atoms with Gasteiger partial charge >= 0.3 is 0 Å². The first-order valence-electron chi connectivity index (χ1n) is 5.82. The largest absolute Gasteiger partial charge is 0.377 e. The van der Waals surface area contributed by atoms with E-state index in [1.165, 1.54) is 17.4 Å². The summed E-state index contributed by atoms with van der Waals surface area (Å²) in [7, 11) is 0. The van der Waals surface area contributed by atoms with E-state index in [2.05, 4.69) is 24.0 Å². The fourth-order valence-electron chi connectivity index (χ4n) is 1.72. The van der Waals surface area contributed by atoms with Crippen LogP contribution in [-0.4, -0.2) is 11.6 Å². The van der Waals surface area contributed by atoms with Crippen molar-refractivity contribution in [3.8, 4) is 0 Å². The lowest BCUT2D eigenvalue weighted by atomic mass is 10.1. The topological polar surface area (TPSA) is 22.1 Å². The van der Waals surface area contributed by atoms with Crippen LogP contribution < -0.4 is 0 Å². The molecular weight excluding hydrogens is 198 g/mol. The van der Waals surface area contributed by atoms with Gasteiger partial charge in [0.05, 0.1) is 12.1 Å². The summed E-state index contributed by atoms with van der Waals surface area (Å²) < 4.78 is 5.64. The van der Waals surface area contributed by atoms with Gasteiger partial charge in [-0.2, -0.15) is 0 Å². The molecule has 0 N–H and O–H groups in total. The van der Waals surface area contributed by atoms with Crippen molar-refractivity contribution in [1.82, 2.24) is 4.98 Å². The highest BCUT2D eigenvalue weighted by Gasteiger charge is 2.00. The van der Waals surface area contributed by atoms with Crippen LogP contribution in [0.2, 0.25) is 0 Å². The van der Waals surface area contributed by atoms with E-state index in [1.54, 1.807) is 0 Å². The summed E-state index contributed by atoms with van der Waals surface area (Å²) in [5.41, 5.74) is 2.26. The summed E-state index contributed by atoms with van der Waals surface area (Å²) in [4.78, 5) is 4.33. The molecule has 2 nitrogen and oxygen atoms in total. The van der Waals surface area contributed by atoms with Gasteiger partial charge in [0.25, 0.3) is 0 Å². The highest BCUT2D eigenvalue weighted by Crippen LogP contribution is 2.17. The molecule has 0 saturated carbocycles. The SMILES string of the molecule is CCCCOCc1cccc2ncccc12. The van der Waals surface area contributed by atoms with Crippen molar-refractivity contribution in [1.29, 1.82) is 0 Å². The summed E-state index contributed by atoms with van der Waals surface area (Å²) in [5, 5.41) is 1.20. The molecule has 0 amide bonds. The van der Waals surface area contributed by atoms with Crippen LogP contribution in [0, 0.1) is 0 Å². The Morgan fingerprint density at radius 3 is 3.00 bits per heavy atom. The Balaban J connectivity index is 2.11. The molecular formula is C14H17NO. The number of unbranched alkanes of at least 4 members (excludes halogenated alkanes) is 1. The number of nitrogens with zero attached hydrogens (tertiary/aromatic N) is 1. The standard InChI is InChI=1S/C14H17NO/c1-2-3-10-16-11-12-6-4-8-14-13(12)7-5-9-15-14/h4-9H,2-3,10-11H2,1H3. The Labute approximate surface area is 96.3 Å². The maximum atomic E-state index is 5.64. The van der Waals surface area contributed by atoms with Crippen molar-refractivity contribution in [2.75, 3.05) is 6.61 Å². The zero-order valence-corrected chi connectivity index (χ0v) is 9.65. The van der Waals surface area contributed by atoms with Crippen molar-refractivity contribution in [3.63, 3.8) is 0 Å². The molecule has 2 aromatic rings. The minimum atomic E-state index is 0.684. The lowest BCUT2D eigenvalue weighted by Gasteiger charge is -2.06. The van der Waals surface area contributed by atoms with Crippen LogP contribution in [0.1, 0.15) is 25.3 Å². The lowest BCUT2D eigenvalue weighted by Crippen LogP contribution is -1.96. The first kappa shape index (κ1) is 11.1. The summed E-state index contributed by atoms with van der Waals surface area (Å²) in [6.07, 6.45) is 4.13. The van der Waals surface area contributed by atoms with Crippen LogP contribution >= 0.6 is 0 Å². The molecule has 0 saturated heterocycles. The number of fused-ring (bicyclic) bond motifs is 1. The third-order valence-electron chi connectivity index (χ3n) is 2.64. The van der Waals surface area contributed by atoms with E-state index in [0.717, 1.165) is 18.5 Å². The molecule has 0 bridgehead atoms. The molecule has 0 aliphatic carbocycles. The summed E-state index contributed by atoms with van der Waals surface area (Å²) in [6, 6.07) is 10.2. The lowest BCUT2D eigenvalue weighted by molar-refractivity contribution is 0.119. The maximum absolute atomic E-state index is 5.64. The predicted octanol–water partition coefficient (Wildman–Crippen LogP) is 3.55. The number of aromatic nitrogens is 1. The van der Waals surface area contributed by atoms with E-state index in [4.69, 9.17) is 4.74 Å². The zero-order valence-electron chi connectivity index (χ0n) is 9.65. The van der Waals surface area contributed by atoms with Gasteiger partial charge < -0.3 is 4.74 Å². The van der Waals surface area contributed by atoms with Gasteiger partial charge in [-0.1, -0.05) is 31.5 Å². The molecule has 1 aromatic heterocycles. The minimum Gasteiger partial charge on any atom is -0.377 e. The van der Waals surface area contributed by atoms with Gasteiger partial charge in [0.15, 0.2) is 0 Å². The molecule has 1 heterocycles. The van der Waals surface area contributed by atoms with Crippen LogP contribution in [0.3, 0.4) is 0 Å². The monoisotopic (exact) mass is 215 g/mol. The molecule has 0 radical (unpaired) electrons. The molecule has 84 valence electrons. The molecule has 16 heavy (non-hydrogen) atoms. The van der Waals surface area contributed by atoms with E-state index in [0.29, 0.717) is 6.61 Å². The molecule has 0 aliphatic heterocycles. The summed E-state index contributed by atoms with van der Waals surface area (Å²) in [6.45, 7) is 3.70. The third kappa shape index (κ3) is 2.58. The van der Waals surface area contributed by atoms with Crippen LogP contribution in [0.4, 0.5) is 0 Å². The summed E-state index contributed by atoms with van der Waals surface area (Å²) >= 11 is 0. The van der Waals surface area contributed by atoms with Crippen LogP contribution in [0.25, 0.3) is 10.9 Å². The number of pyridine rings is 1. The first-order chi connectivity index (χ1) is 7.92. The van der Waals surface area contributed by atoms with Gasteiger partial charge in [0.1, 0.15) is 0 Å². The normalized spacial score (nSPS) is 10.8. The second-order valence-corrected chi connectivity index (χ2v) is 3.89. The highest BCUT2D eigenvalue weighted by molar-refractivity contribution is 5.81.